The minimum Gasteiger partial charge on any atom is -0.481 e. The molecule has 0 radical (unpaired) electrons. The van der Waals surface area contributed by atoms with Gasteiger partial charge in [-0.15, -0.1) is 11.3 Å². The first-order chi connectivity index (χ1) is 16.3. The van der Waals surface area contributed by atoms with Crippen LogP contribution in [0.2, 0.25) is 0 Å². The molecule has 1 aliphatic heterocycles. The van der Waals surface area contributed by atoms with Crippen LogP contribution in [0, 0.1) is 5.41 Å². The van der Waals surface area contributed by atoms with Crippen molar-refractivity contribution in [3.8, 4) is 0 Å². The minimum absolute atomic E-state index is 0.0958. The van der Waals surface area contributed by atoms with E-state index in [1.54, 1.807) is 25.2 Å². The fourth-order valence-corrected chi connectivity index (χ4v) is 5.91. The largest absolute Gasteiger partial charge is 0.481 e. The Morgan fingerprint density at radius 1 is 1.18 bits per heavy atom. The lowest BCUT2D eigenvalue weighted by molar-refractivity contribution is -0.147. The molecular formula is C27H29N3O3S. The number of carboxylic acid groups (broad SMARTS) is 1. The van der Waals surface area contributed by atoms with Gasteiger partial charge in [0, 0.05) is 39.8 Å². The van der Waals surface area contributed by atoms with Crippen LogP contribution in [0.5, 0.6) is 0 Å². The number of carbonyl (C=O) groups is 2. The molecule has 0 bridgehead atoms. The predicted octanol–water partition coefficient (Wildman–Crippen LogP) is 5.47. The third-order valence-corrected chi connectivity index (χ3v) is 8.03. The molecule has 5 rings (SSSR count). The maximum Gasteiger partial charge on any atom is 0.309 e. The number of hydrogen-bond donors (Lipinski definition) is 1. The average Bonchev–Trinajstić information content (AvgIpc) is 3.37. The number of aliphatic carboxylic acids is 1. The number of benzene rings is 1. The summed E-state index contributed by atoms with van der Waals surface area (Å²) < 4.78 is 3.56. The maximum atomic E-state index is 13.0. The van der Waals surface area contributed by atoms with Crippen molar-refractivity contribution in [2.45, 2.75) is 52.6 Å². The van der Waals surface area contributed by atoms with Crippen LogP contribution in [0.4, 0.5) is 0 Å². The highest BCUT2D eigenvalue weighted by Crippen LogP contribution is 2.33. The normalized spacial score (nSPS) is 14.0. The number of thiophene rings is 1. The van der Waals surface area contributed by atoms with Crippen LogP contribution in [0.25, 0.3) is 21.1 Å². The van der Waals surface area contributed by atoms with E-state index >= 15 is 0 Å². The van der Waals surface area contributed by atoms with Gasteiger partial charge < -0.3 is 14.6 Å². The van der Waals surface area contributed by atoms with Gasteiger partial charge in [-0.05, 0) is 68.3 Å². The third-order valence-electron chi connectivity index (χ3n) is 6.93. The molecule has 1 N–H and O–H groups in total. The Balaban J connectivity index is 1.39. The summed E-state index contributed by atoms with van der Waals surface area (Å²) in [5, 5.41) is 11.8. The molecule has 0 saturated carbocycles. The van der Waals surface area contributed by atoms with Gasteiger partial charge in [0.25, 0.3) is 0 Å². The topological polar surface area (TPSA) is 75.4 Å². The van der Waals surface area contributed by atoms with Gasteiger partial charge in [0.1, 0.15) is 5.65 Å². The number of pyridine rings is 1. The fraction of sp³-hybridized carbons (Fsp3) is 0.370. The van der Waals surface area contributed by atoms with Gasteiger partial charge >= 0.3 is 5.97 Å². The molecule has 0 fully saturated rings. The Hall–Kier alpha value is -3.19. The zero-order valence-electron chi connectivity index (χ0n) is 19.6. The number of nitrogens with zero attached hydrogens (tertiary/aromatic N) is 3. The number of amides is 1. The van der Waals surface area contributed by atoms with Crippen molar-refractivity contribution in [2.75, 3.05) is 6.54 Å². The van der Waals surface area contributed by atoms with Gasteiger partial charge in [-0.1, -0.05) is 18.2 Å². The summed E-state index contributed by atoms with van der Waals surface area (Å²) >= 11 is 1.80. The van der Waals surface area contributed by atoms with E-state index in [0.29, 0.717) is 32.4 Å². The van der Waals surface area contributed by atoms with Crippen LogP contribution in [0.15, 0.2) is 48.7 Å². The molecule has 4 heterocycles. The van der Waals surface area contributed by atoms with Crippen molar-refractivity contribution in [3.63, 3.8) is 0 Å². The third kappa shape index (κ3) is 4.20. The molecule has 1 aliphatic rings. The molecule has 0 atom stereocenters. The van der Waals surface area contributed by atoms with Crippen molar-refractivity contribution in [2.24, 2.45) is 5.41 Å². The lowest BCUT2D eigenvalue weighted by atomic mass is 9.87. The summed E-state index contributed by atoms with van der Waals surface area (Å²) in [4.78, 5) is 32.3. The Bertz CT molecular complexity index is 1350. The number of hydrogen-bond acceptors (Lipinski definition) is 4. The van der Waals surface area contributed by atoms with E-state index in [4.69, 9.17) is 4.98 Å². The maximum absolute atomic E-state index is 13.0. The van der Waals surface area contributed by atoms with E-state index in [9.17, 15) is 14.7 Å². The zero-order valence-corrected chi connectivity index (χ0v) is 20.4. The molecule has 1 amide bonds. The van der Waals surface area contributed by atoms with E-state index in [2.05, 4.69) is 41.0 Å². The Kier molecular flexibility index (Phi) is 5.90. The fourth-order valence-electron chi connectivity index (χ4n) is 4.86. The molecule has 0 saturated heterocycles. The van der Waals surface area contributed by atoms with E-state index in [-0.39, 0.29) is 5.91 Å². The van der Waals surface area contributed by atoms with Gasteiger partial charge in [0.2, 0.25) is 5.91 Å². The van der Waals surface area contributed by atoms with E-state index in [1.165, 1.54) is 25.9 Å². The van der Waals surface area contributed by atoms with Crippen LogP contribution in [0.1, 0.15) is 49.2 Å². The summed E-state index contributed by atoms with van der Waals surface area (Å²) in [6.07, 6.45) is 4.09. The molecular weight excluding hydrogens is 446 g/mol. The second-order valence-electron chi connectivity index (χ2n) is 9.74. The second-order valence-corrected chi connectivity index (χ2v) is 10.9. The summed E-state index contributed by atoms with van der Waals surface area (Å²) in [6.45, 7) is 5.42. The monoisotopic (exact) mass is 475 g/mol. The van der Waals surface area contributed by atoms with Crippen LogP contribution in [-0.2, 0) is 29.1 Å². The number of fused-ring (bicyclic) bond motifs is 4. The van der Waals surface area contributed by atoms with Gasteiger partial charge in [0.15, 0.2) is 0 Å². The Morgan fingerprint density at radius 3 is 2.79 bits per heavy atom. The molecule has 1 aromatic carbocycles. The SMILES string of the molecule is CC(C)(CCCC(=O)N1CCc2c(n(Cc3cc4ccccc4s3)c3ncccc23)C1)C(=O)O. The quantitative estimate of drug-likeness (QED) is 0.385. The highest BCUT2D eigenvalue weighted by Gasteiger charge is 2.29. The molecule has 0 spiro atoms. The van der Waals surface area contributed by atoms with Crippen LogP contribution in [-0.4, -0.2) is 38.0 Å². The molecule has 0 unspecified atom stereocenters. The van der Waals surface area contributed by atoms with E-state index in [0.717, 1.165) is 24.3 Å². The van der Waals surface area contributed by atoms with Gasteiger partial charge in [-0.2, -0.15) is 0 Å². The molecule has 3 aromatic heterocycles. The van der Waals surface area contributed by atoms with E-state index < -0.39 is 11.4 Å². The lowest BCUT2D eigenvalue weighted by Gasteiger charge is -2.29. The van der Waals surface area contributed by atoms with Crippen molar-refractivity contribution < 1.29 is 14.7 Å². The van der Waals surface area contributed by atoms with Gasteiger partial charge in [-0.25, -0.2) is 4.98 Å². The number of carbonyl (C=O) groups excluding carboxylic acids is 1. The minimum atomic E-state index is -0.819. The molecule has 0 aliphatic carbocycles. The van der Waals surface area contributed by atoms with E-state index in [1.807, 2.05) is 17.2 Å². The molecule has 6 nitrogen and oxygen atoms in total. The van der Waals surface area contributed by atoms with Crippen molar-refractivity contribution in [1.82, 2.24) is 14.5 Å². The first-order valence-electron chi connectivity index (χ1n) is 11.8. The summed E-state index contributed by atoms with van der Waals surface area (Å²) in [6, 6.07) is 14.8. The van der Waals surface area contributed by atoms with Crippen LogP contribution < -0.4 is 0 Å². The number of aromatic nitrogens is 2. The summed E-state index contributed by atoms with van der Waals surface area (Å²) in [5.74, 6) is -0.723. The van der Waals surface area contributed by atoms with Crippen molar-refractivity contribution >= 4 is 44.3 Å². The average molecular weight is 476 g/mol. The second kappa shape index (κ2) is 8.87. The summed E-state index contributed by atoms with van der Waals surface area (Å²) in [5.41, 5.74) is 2.62. The van der Waals surface area contributed by atoms with Crippen molar-refractivity contribution in [3.05, 3.63) is 64.8 Å². The molecule has 7 heteroatoms. The predicted molar refractivity (Wildman–Crippen MR) is 135 cm³/mol. The molecule has 176 valence electrons. The smallest absolute Gasteiger partial charge is 0.309 e. The zero-order chi connectivity index (χ0) is 23.9. The lowest BCUT2D eigenvalue weighted by Crippen LogP contribution is -2.36. The van der Waals surface area contributed by atoms with Crippen molar-refractivity contribution in [1.29, 1.82) is 0 Å². The number of carboxylic acids is 1. The van der Waals surface area contributed by atoms with Crippen LogP contribution in [0.3, 0.4) is 0 Å². The summed E-state index contributed by atoms with van der Waals surface area (Å²) in [7, 11) is 0. The first-order valence-corrected chi connectivity index (χ1v) is 12.6. The standard InChI is InChI=1S/C27H29N3O3S/c1-27(2,26(32)33)12-5-10-24(31)29-14-11-20-21-8-6-13-28-25(21)30(22(20)17-29)16-19-15-18-7-3-4-9-23(18)34-19/h3-4,6-9,13,15H,5,10-12,14,16-17H2,1-2H3,(H,32,33). The van der Waals surface area contributed by atoms with Gasteiger partial charge in [-0.3, -0.25) is 9.59 Å². The van der Waals surface area contributed by atoms with Gasteiger partial charge in [0.05, 0.1) is 18.5 Å². The highest BCUT2D eigenvalue weighted by molar-refractivity contribution is 7.19. The van der Waals surface area contributed by atoms with Crippen LogP contribution >= 0.6 is 11.3 Å². The Labute approximate surface area is 202 Å². The first kappa shape index (κ1) is 22.6. The molecule has 4 aromatic rings. The number of rotatable bonds is 7. The Morgan fingerprint density at radius 2 is 2.00 bits per heavy atom. The highest BCUT2D eigenvalue weighted by atomic mass is 32.1. The molecule has 34 heavy (non-hydrogen) atoms.